The predicted molar refractivity (Wildman–Crippen MR) is 181 cm³/mol. The Bertz CT molecular complexity index is 2020. The summed E-state index contributed by atoms with van der Waals surface area (Å²) in [5.74, 6) is -3.14. The molecule has 5 amide bonds. The van der Waals surface area contributed by atoms with Crippen LogP contribution in [-0.4, -0.2) is 98.3 Å². The first kappa shape index (κ1) is 34.9. The molecule has 5 atom stereocenters. The summed E-state index contributed by atoms with van der Waals surface area (Å²) in [5.41, 5.74) is -4.52. The summed E-state index contributed by atoms with van der Waals surface area (Å²) in [7, 11) is -3.59. The lowest BCUT2D eigenvalue weighted by Gasteiger charge is -2.39. The minimum absolute atomic E-state index is 0.00354. The van der Waals surface area contributed by atoms with Crippen LogP contribution in [0, 0.1) is 17.2 Å². The van der Waals surface area contributed by atoms with E-state index in [-0.39, 0.29) is 48.3 Å². The fourth-order valence-electron chi connectivity index (χ4n) is 7.92. The molecule has 17 heteroatoms. The first-order valence-corrected chi connectivity index (χ1v) is 18.4. The van der Waals surface area contributed by atoms with Crippen LogP contribution in [0.15, 0.2) is 48.5 Å². The van der Waals surface area contributed by atoms with E-state index in [1.165, 1.54) is 33.8 Å². The molecule has 4 aliphatic heterocycles. The molecule has 1 aromatic heterocycles. The summed E-state index contributed by atoms with van der Waals surface area (Å²) in [4.78, 5) is 91.1. The van der Waals surface area contributed by atoms with E-state index in [4.69, 9.17) is 0 Å². The van der Waals surface area contributed by atoms with Gasteiger partial charge in [-0.05, 0) is 54.5 Å². The quantitative estimate of drug-likeness (QED) is 0.288. The number of alkyl halides is 2. The van der Waals surface area contributed by atoms with Gasteiger partial charge in [0.2, 0.25) is 32.0 Å². The van der Waals surface area contributed by atoms with Gasteiger partial charge in [-0.25, -0.2) is 0 Å². The molecule has 0 radical (unpaired) electrons. The third-order valence-corrected chi connectivity index (χ3v) is 12.4. The summed E-state index contributed by atoms with van der Waals surface area (Å²) >= 11 is 0.986. The zero-order chi connectivity index (χ0) is 36.4. The Balaban J connectivity index is 1.15. The van der Waals surface area contributed by atoms with E-state index in [2.05, 4.69) is 16.7 Å². The van der Waals surface area contributed by atoms with E-state index in [9.17, 15) is 47.8 Å². The average molecular weight is 739 g/mol. The third-order valence-electron chi connectivity index (χ3n) is 10.5. The number of nitriles is 1. The van der Waals surface area contributed by atoms with Gasteiger partial charge in [0.15, 0.2) is 0 Å². The molecule has 7 rings (SSSR count). The van der Waals surface area contributed by atoms with Crippen molar-refractivity contribution in [3.05, 3.63) is 64.5 Å². The largest absolute Gasteiger partial charge is 0.346 e. The minimum atomic E-state index is -3.88. The van der Waals surface area contributed by atoms with Crippen LogP contribution in [0.1, 0.15) is 47.0 Å². The number of benzene rings is 2. The number of likely N-dealkylation sites (tertiary alicyclic amines) is 1. The smallest absolute Gasteiger partial charge is 0.339 e. The van der Waals surface area contributed by atoms with Gasteiger partial charge >= 0.3 is 5.66 Å². The molecule has 4 aliphatic rings. The number of carbonyl (C=O) groups excluding carboxylic acids is 5. The molecule has 4 N–H and O–H groups in total. The number of para-hydroxylation sites is 1. The predicted octanol–water partition coefficient (Wildman–Crippen LogP) is 2.83. The van der Waals surface area contributed by atoms with E-state index in [1.807, 2.05) is 0 Å². The molecule has 1 spiro atoms. The molecule has 5 heterocycles. The summed E-state index contributed by atoms with van der Waals surface area (Å²) in [5, 5.41) is 16.0. The van der Waals surface area contributed by atoms with Gasteiger partial charge in [0.1, 0.15) is 17.5 Å². The zero-order valence-electron chi connectivity index (χ0n) is 27.2. The van der Waals surface area contributed by atoms with E-state index in [0.717, 1.165) is 23.5 Å². The first-order chi connectivity index (χ1) is 24.3. The number of hydrogen-bond acceptors (Lipinski definition) is 9. The van der Waals surface area contributed by atoms with Crippen molar-refractivity contribution in [1.82, 2.24) is 20.0 Å². The Hall–Kier alpha value is -4.55. The average Bonchev–Trinajstić information content (AvgIpc) is 3.88. The summed E-state index contributed by atoms with van der Waals surface area (Å²) in [6, 6.07) is 11.5. The van der Waals surface area contributed by atoms with Crippen molar-refractivity contribution in [1.29, 1.82) is 5.26 Å². The minimum Gasteiger partial charge on any atom is -0.346 e. The van der Waals surface area contributed by atoms with Crippen molar-refractivity contribution >= 4 is 65.0 Å². The molecule has 13 nitrogen and oxygen atoms in total. The van der Waals surface area contributed by atoms with Crippen molar-refractivity contribution in [2.24, 2.45) is 5.92 Å². The standard InChI is InChI=1S/C34H33F2N6O7PS/c1-18(43)40-11-10-22-7-8-26(31(46)41-15-21(14-37)33(17-41)23-4-2-3-5-24(23)39-32(33)47)42(22)30(45)25(16-40)38-29(44)28-13-19-12-20(6-9-27(19)51-28)34(35,36)50(48)49/h2-6,9,12-13,21-22,25-26,48-49H,7-8,10-11,15-17H2,1H3,(H,38,44)(H,39,47)/t21?,22-,25+,26+,33?/m1/s1. The second-order valence-electron chi connectivity index (χ2n) is 13.3. The van der Waals surface area contributed by atoms with Crippen molar-refractivity contribution in [2.75, 3.05) is 31.5 Å². The highest BCUT2D eigenvalue weighted by Crippen LogP contribution is 2.53. The van der Waals surface area contributed by atoms with Crippen LogP contribution in [0.5, 0.6) is 0 Å². The van der Waals surface area contributed by atoms with Gasteiger partial charge in [-0.2, -0.15) is 14.0 Å². The van der Waals surface area contributed by atoms with Gasteiger partial charge in [0, 0.05) is 55.1 Å². The number of nitrogens with one attached hydrogen (secondary N) is 2. The van der Waals surface area contributed by atoms with Gasteiger partial charge in [-0.3, -0.25) is 24.0 Å². The number of fused-ring (bicyclic) bond motifs is 4. The number of rotatable bonds is 5. The molecule has 3 saturated heterocycles. The molecule has 3 aromatic rings. The normalized spacial score (nSPS) is 26.2. The molecule has 266 valence electrons. The number of amides is 5. The first-order valence-electron chi connectivity index (χ1n) is 16.3. The monoisotopic (exact) mass is 738 g/mol. The number of carbonyl (C=O) groups is 5. The SMILES string of the molecule is CC(=O)N1CC[C@H]2CC[C@@H](C(=O)N3CC(C#N)C4(C3)C(=O)Nc3ccccc34)N2C(=O)[C@@H](NC(=O)c2cc3cc(C(F)(F)P(O)O)ccc3s2)C1. The molecule has 0 saturated carbocycles. The fourth-order valence-corrected chi connectivity index (χ4v) is 9.24. The van der Waals surface area contributed by atoms with Crippen LogP contribution in [0.2, 0.25) is 0 Å². The lowest BCUT2D eigenvalue weighted by atomic mass is 9.74. The zero-order valence-corrected chi connectivity index (χ0v) is 28.9. The fraction of sp³-hybridized carbons (Fsp3) is 0.412. The van der Waals surface area contributed by atoms with Crippen LogP contribution < -0.4 is 10.6 Å². The Morgan fingerprint density at radius 2 is 1.84 bits per heavy atom. The number of halogens is 2. The van der Waals surface area contributed by atoms with Crippen LogP contribution >= 0.6 is 19.7 Å². The van der Waals surface area contributed by atoms with Gasteiger partial charge in [-0.1, -0.05) is 24.3 Å². The van der Waals surface area contributed by atoms with Gasteiger partial charge < -0.3 is 35.1 Å². The molecular weight excluding hydrogens is 705 g/mol. The maximum absolute atomic E-state index is 14.4. The highest BCUT2D eigenvalue weighted by Gasteiger charge is 2.60. The second kappa shape index (κ2) is 12.9. The van der Waals surface area contributed by atoms with Crippen LogP contribution in [-0.2, 0) is 30.3 Å². The van der Waals surface area contributed by atoms with E-state index in [1.54, 1.807) is 24.3 Å². The Morgan fingerprint density at radius 3 is 2.57 bits per heavy atom. The van der Waals surface area contributed by atoms with Crippen molar-refractivity contribution in [3.8, 4) is 6.07 Å². The lowest BCUT2D eigenvalue weighted by Crippen LogP contribution is -2.61. The summed E-state index contributed by atoms with van der Waals surface area (Å²) < 4.78 is 29.1. The number of hydrogen-bond donors (Lipinski definition) is 4. The van der Waals surface area contributed by atoms with Crippen molar-refractivity contribution < 1.29 is 42.5 Å². The number of thiophene rings is 1. The van der Waals surface area contributed by atoms with Crippen LogP contribution in [0.4, 0.5) is 14.5 Å². The molecule has 2 aromatic carbocycles. The van der Waals surface area contributed by atoms with Gasteiger partial charge in [-0.15, -0.1) is 11.3 Å². The van der Waals surface area contributed by atoms with E-state index >= 15 is 0 Å². The molecule has 3 fully saturated rings. The number of nitrogens with zero attached hydrogens (tertiary/aromatic N) is 4. The van der Waals surface area contributed by atoms with Gasteiger partial charge in [0.05, 0.1) is 16.9 Å². The molecule has 2 unspecified atom stereocenters. The molecular formula is C34H33F2N6O7PS. The van der Waals surface area contributed by atoms with Gasteiger partial charge in [0.25, 0.3) is 5.91 Å². The topological polar surface area (TPSA) is 183 Å². The van der Waals surface area contributed by atoms with E-state index in [0.29, 0.717) is 35.2 Å². The molecule has 0 bridgehead atoms. The van der Waals surface area contributed by atoms with Crippen LogP contribution in [0.25, 0.3) is 10.1 Å². The molecule has 0 aliphatic carbocycles. The summed E-state index contributed by atoms with van der Waals surface area (Å²) in [6.45, 7) is 1.43. The second-order valence-corrected chi connectivity index (χ2v) is 15.6. The highest BCUT2D eigenvalue weighted by atomic mass is 32.1. The van der Waals surface area contributed by atoms with Crippen molar-refractivity contribution in [3.63, 3.8) is 0 Å². The Kier molecular flexibility index (Phi) is 8.82. The maximum Gasteiger partial charge on any atom is 0.339 e. The van der Waals surface area contributed by atoms with Crippen LogP contribution in [0.3, 0.4) is 0 Å². The Labute approximate surface area is 295 Å². The summed E-state index contributed by atoms with van der Waals surface area (Å²) in [6.07, 6.45) is 1.18. The van der Waals surface area contributed by atoms with Crippen molar-refractivity contribution in [2.45, 2.75) is 55.4 Å². The Morgan fingerprint density at radius 1 is 1.08 bits per heavy atom. The molecule has 51 heavy (non-hydrogen) atoms. The van der Waals surface area contributed by atoms with E-state index < -0.39 is 66.8 Å². The highest BCUT2D eigenvalue weighted by molar-refractivity contribution is 7.46. The third kappa shape index (κ3) is 5.72. The lowest BCUT2D eigenvalue weighted by molar-refractivity contribution is -0.148. The number of anilines is 1. The maximum atomic E-state index is 14.4.